The Labute approximate surface area is 309 Å². The van der Waals surface area contributed by atoms with Gasteiger partial charge in [-0.15, -0.1) is 0 Å². The highest BCUT2D eigenvalue weighted by Crippen LogP contribution is 2.19. The average molecular weight is 743 g/mol. The van der Waals surface area contributed by atoms with Gasteiger partial charge in [-0.3, -0.25) is 33.6 Å². The van der Waals surface area contributed by atoms with E-state index in [4.69, 9.17) is 0 Å². The number of carboxylic acid groups (broad SMARTS) is 1. The summed E-state index contributed by atoms with van der Waals surface area (Å²) in [7, 11) is 0. The van der Waals surface area contributed by atoms with Crippen LogP contribution in [0.2, 0.25) is 0 Å². The van der Waals surface area contributed by atoms with E-state index < -0.39 is 85.1 Å². The maximum Gasteiger partial charge on any atom is 0.326 e. The summed E-state index contributed by atoms with van der Waals surface area (Å²) in [5.74, 6) is -5.43. The van der Waals surface area contributed by atoms with E-state index in [1.165, 1.54) is 11.8 Å². The van der Waals surface area contributed by atoms with E-state index in [0.29, 0.717) is 18.4 Å². The molecule has 7 amide bonds. The molecule has 3 atom stereocenters. The molecular formula is C36H54N8O9. The summed E-state index contributed by atoms with van der Waals surface area (Å²) in [6.07, 6.45) is 4.00. The second kappa shape index (κ2) is 22.5. The Balaban J connectivity index is 2.03. The third kappa shape index (κ3) is 15.7. The molecule has 0 fully saturated rings. The number of rotatable bonds is 23. The van der Waals surface area contributed by atoms with E-state index >= 15 is 0 Å². The summed E-state index contributed by atoms with van der Waals surface area (Å²) in [4.78, 5) is 105. The fraction of sp³-hybridized carbons (Fsp3) is 0.556. The van der Waals surface area contributed by atoms with E-state index in [2.05, 4.69) is 36.9 Å². The topological polar surface area (TPSA) is 248 Å². The molecule has 2 rings (SSSR count). The molecule has 0 aliphatic carbocycles. The number of hydrogen-bond donors (Lipinski definition) is 8. The van der Waals surface area contributed by atoms with Crippen molar-refractivity contribution in [3.63, 3.8) is 0 Å². The number of benzene rings is 1. The second-order valence-electron chi connectivity index (χ2n) is 13.2. The van der Waals surface area contributed by atoms with Gasteiger partial charge in [-0.1, -0.05) is 58.7 Å². The quantitative estimate of drug-likeness (QED) is 0.0768. The largest absolute Gasteiger partial charge is 0.480 e. The molecule has 2 unspecified atom stereocenters. The molecule has 0 saturated carbocycles. The van der Waals surface area contributed by atoms with Gasteiger partial charge in [-0.25, -0.2) is 4.79 Å². The minimum atomic E-state index is -1.25. The van der Waals surface area contributed by atoms with Gasteiger partial charge in [0.1, 0.15) is 18.1 Å². The van der Waals surface area contributed by atoms with E-state index in [9.17, 15) is 43.5 Å². The lowest BCUT2D eigenvalue weighted by Gasteiger charge is -2.29. The molecular weight excluding hydrogens is 688 g/mol. The van der Waals surface area contributed by atoms with Gasteiger partial charge in [0.25, 0.3) is 0 Å². The van der Waals surface area contributed by atoms with Gasteiger partial charge >= 0.3 is 5.97 Å². The third-order valence-corrected chi connectivity index (χ3v) is 8.08. The van der Waals surface area contributed by atoms with Gasteiger partial charge in [-0.2, -0.15) is 0 Å². The number of para-hydroxylation sites is 1. The van der Waals surface area contributed by atoms with E-state index in [0.717, 1.165) is 17.3 Å². The van der Waals surface area contributed by atoms with Gasteiger partial charge in [0.2, 0.25) is 41.4 Å². The summed E-state index contributed by atoms with van der Waals surface area (Å²) in [6.45, 7) is 7.17. The molecule has 1 aromatic heterocycles. The number of carboxylic acids is 1. The zero-order valence-electron chi connectivity index (χ0n) is 31.1. The lowest BCUT2D eigenvalue weighted by Crippen LogP contribution is -2.55. The van der Waals surface area contributed by atoms with Crippen molar-refractivity contribution in [2.24, 2.45) is 5.92 Å². The summed E-state index contributed by atoms with van der Waals surface area (Å²) in [6, 6.07) is 4.09. The molecule has 17 heteroatoms. The van der Waals surface area contributed by atoms with Crippen LogP contribution in [0.3, 0.4) is 0 Å². The molecule has 1 heterocycles. The highest BCUT2D eigenvalue weighted by Gasteiger charge is 2.30. The Morgan fingerprint density at radius 3 is 2.02 bits per heavy atom. The first kappa shape index (κ1) is 43.7. The van der Waals surface area contributed by atoms with Crippen molar-refractivity contribution >= 4 is 58.2 Å². The molecule has 0 bridgehead atoms. The number of fused-ring (bicyclic) bond motifs is 1. The van der Waals surface area contributed by atoms with Gasteiger partial charge < -0.3 is 46.9 Å². The van der Waals surface area contributed by atoms with E-state index in [1.807, 2.05) is 52.0 Å². The number of nitrogens with one attached hydrogen (secondary N) is 7. The smallest absolute Gasteiger partial charge is 0.326 e. The SMILES string of the molecule is CCCCC(NC(=O)CNC(=O)CNC(C)=O)C(=O)NCC(=O)NC(CC(C)C)C(=O)N(CCC)CC(=O)N[C@@H](Cc1c[nH]c2ccccc12)C(=O)O. The summed E-state index contributed by atoms with van der Waals surface area (Å²) in [5.41, 5.74) is 1.54. The van der Waals surface area contributed by atoms with Crippen molar-refractivity contribution in [1.82, 2.24) is 41.8 Å². The van der Waals surface area contributed by atoms with Crippen LogP contribution < -0.4 is 31.9 Å². The number of amides is 7. The Kier molecular flexibility index (Phi) is 18.5. The molecule has 53 heavy (non-hydrogen) atoms. The number of hydrogen-bond acceptors (Lipinski definition) is 8. The van der Waals surface area contributed by atoms with E-state index in [-0.39, 0.29) is 38.3 Å². The number of unbranched alkanes of at least 4 members (excludes halogenated alkanes) is 1. The van der Waals surface area contributed by atoms with Gasteiger partial charge in [-0.05, 0) is 36.8 Å². The minimum Gasteiger partial charge on any atom is -0.480 e. The third-order valence-electron chi connectivity index (χ3n) is 8.08. The van der Waals surface area contributed by atoms with Crippen molar-refractivity contribution in [2.45, 2.75) is 91.3 Å². The lowest BCUT2D eigenvalue weighted by molar-refractivity contribution is -0.143. The van der Waals surface area contributed by atoms with Crippen LogP contribution in [0, 0.1) is 5.92 Å². The first-order valence-electron chi connectivity index (χ1n) is 17.9. The maximum absolute atomic E-state index is 13.8. The predicted molar refractivity (Wildman–Crippen MR) is 196 cm³/mol. The Morgan fingerprint density at radius 2 is 1.40 bits per heavy atom. The number of H-pyrrole nitrogens is 1. The van der Waals surface area contributed by atoms with Crippen molar-refractivity contribution in [3.05, 3.63) is 36.0 Å². The number of carbonyl (C=O) groups excluding carboxylic acids is 7. The van der Waals surface area contributed by atoms with Crippen molar-refractivity contribution in [1.29, 1.82) is 0 Å². The van der Waals surface area contributed by atoms with Crippen LogP contribution in [0.4, 0.5) is 0 Å². The molecule has 0 aliphatic heterocycles. The molecule has 292 valence electrons. The molecule has 17 nitrogen and oxygen atoms in total. The molecule has 2 aromatic rings. The minimum absolute atomic E-state index is 0.0179. The lowest BCUT2D eigenvalue weighted by atomic mass is 10.0. The van der Waals surface area contributed by atoms with Crippen LogP contribution in [0.5, 0.6) is 0 Å². The maximum atomic E-state index is 13.8. The average Bonchev–Trinajstić information content (AvgIpc) is 3.51. The number of carbonyl (C=O) groups is 8. The van der Waals surface area contributed by atoms with Gasteiger partial charge in [0.05, 0.1) is 26.2 Å². The number of aromatic nitrogens is 1. The highest BCUT2D eigenvalue weighted by atomic mass is 16.4. The Hall–Kier alpha value is -5.48. The normalized spacial score (nSPS) is 12.6. The second-order valence-corrected chi connectivity index (χ2v) is 13.2. The van der Waals surface area contributed by atoms with Crippen LogP contribution in [0.1, 0.15) is 72.3 Å². The summed E-state index contributed by atoms with van der Waals surface area (Å²) >= 11 is 0. The predicted octanol–water partition coefficient (Wildman–Crippen LogP) is 0.0928. The van der Waals surface area contributed by atoms with Crippen LogP contribution in [0.25, 0.3) is 10.9 Å². The van der Waals surface area contributed by atoms with Gasteiger partial charge in [0, 0.05) is 37.0 Å². The summed E-state index contributed by atoms with van der Waals surface area (Å²) < 4.78 is 0. The van der Waals surface area contributed by atoms with Crippen LogP contribution in [0.15, 0.2) is 30.5 Å². The molecule has 8 N–H and O–H groups in total. The van der Waals surface area contributed by atoms with Crippen LogP contribution >= 0.6 is 0 Å². The van der Waals surface area contributed by atoms with Crippen LogP contribution in [-0.2, 0) is 44.8 Å². The molecule has 0 saturated heterocycles. The number of nitrogens with zero attached hydrogens (tertiary/aromatic N) is 1. The molecule has 0 aliphatic rings. The monoisotopic (exact) mass is 742 g/mol. The number of aliphatic carboxylic acids is 1. The van der Waals surface area contributed by atoms with Crippen molar-refractivity contribution in [2.75, 3.05) is 32.7 Å². The zero-order chi connectivity index (χ0) is 39.5. The molecule has 1 aromatic carbocycles. The van der Waals surface area contributed by atoms with Crippen molar-refractivity contribution < 1.29 is 43.5 Å². The van der Waals surface area contributed by atoms with Crippen molar-refractivity contribution in [3.8, 4) is 0 Å². The standard InChI is InChI=1S/C36H54N8O9/c1-6-8-12-27(41-31(47)19-39-30(46)18-37-23(5)45)34(50)40-20-32(48)42-28(15-22(3)4)35(51)44(14-7-2)21-33(49)43-29(36(52)53)16-24-17-38-26-13-10-9-11-25(24)26/h9-11,13,17,22,27-29,38H,6-8,12,14-16,18-21H2,1-5H3,(H,37,45)(H,39,46)(H,40,50)(H,41,47)(H,42,48)(H,43,49)(H,52,53)/t27?,28?,29-/m0/s1. The zero-order valence-corrected chi connectivity index (χ0v) is 31.1. The van der Waals surface area contributed by atoms with Crippen LogP contribution in [-0.4, -0.2) is 113 Å². The Morgan fingerprint density at radius 1 is 0.774 bits per heavy atom. The van der Waals surface area contributed by atoms with E-state index in [1.54, 1.807) is 6.20 Å². The highest BCUT2D eigenvalue weighted by molar-refractivity contribution is 5.95. The first-order valence-corrected chi connectivity index (χ1v) is 17.9. The molecule has 0 radical (unpaired) electrons. The summed E-state index contributed by atoms with van der Waals surface area (Å²) in [5, 5.41) is 25.6. The first-order chi connectivity index (χ1) is 25.1. The Bertz CT molecular complexity index is 1590. The van der Waals surface area contributed by atoms with Gasteiger partial charge in [0.15, 0.2) is 0 Å². The number of aromatic amines is 1. The fourth-order valence-electron chi connectivity index (χ4n) is 5.49. The fourth-order valence-corrected chi connectivity index (χ4v) is 5.49. The molecule has 0 spiro atoms.